The average molecular weight is 454 g/mol. The Morgan fingerprint density at radius 2 is 1.31 bits per heavy atom. The van der Waals surface area contributed by atoms with Crippen molar-refractivity contribution in [1.29, 1.82) is 0 Å². The molecule has 0 aliphatic carbocycles. The lowest BCUT2D eigenvalue weighted by Crippen LogP contribution is -1.90. The lowest BCUT2D eigenvalue weighted by Gasteiger charge is -1.90. The number of aromatic nitrogens is 5. The molecule has 186 valence electrons. The highest BCUT2D eigenvalue weighted by Crippen LogP contribution is 2.03. The van der Waals surface area contributed by atoms with E-state index in [2.05, 4.69) is 76.3 Å². The van der Waals surface area contributed by atoms with Gasteiger partial charge in [-0.1, -0.05) is 87.0 Å². The third-order valence-electron chi connectivity index (χ3n) is 2.07. The standard InChI is InChI=1S/C5H4O2.C4H8N4.C4H5NO.2C4H10.C2H6.CH4/c6-5-1-3-7-4-2-5;1-3(2)4-5-7-8-6-4;1-4-2-3-6-5-4;2*1-4(2)3;1-2;/h1-4H;3H,1-2H3,(H,5,6,7,8);2-3H,1H3;2*4H,1-3H3;1-2H3;1H4. The molecule has 32 heavy (non-hydrogen) atoms. The number of hydrogen-bond donors (Lipinski definition) is 1. The van der Waals surface area contributed by atoms with E-state index in [1.165, 1.54) is 24.7 Å². The van der Waals surface area contributed by atoms with Crippen LogP contribution in [0.25, 0.3) is 0 Å². The number of aryl methyl sites for hydroxylation is 1. The molecule has 0 aromatic carbocycles. The van der Waals surface area contributed by atoms with Gasteiger partial charge in [-0.2, -0.15) is 5.21 Å². The Morgan fingerprint density at radius 1 is 0.844 bits per heavy atom. The Morgan fingerprint density at radius 3 is 1.47 bits per heavy atom. The molecule has 3 heterocycles. The molecule has 0 spiro atoms. The number of nitrogens with one attached hydrogen (secondary N) is 1. The predicted molar refractivity (Wildman–Crippen MR) is 134 cm³/mol. The molecule has 0 unspecified atom stereocenters. The highest BCUT2D eigenvalue weighted by molar-refractivity contribution is 4.89. The van der Waals surface area contributed by atoms with E-state index in [9.17, 15) is 4.79 Å². The van der Waals surface area contributed by atoms with Crippen LogP contribution in [-0.2, 0) is 0 Å². The molecule has 0 saturated carbocycles. The molecule has 1 N–H and O–H groups in total. The fourth-order valence-corrected chi connectivity index (χ4v) is 1.00. The van der Waals surface area contributed by atoms with E-state index in [1.54, 1.807) is 12.3 Å². The fraction of sp³-hybridized carbons (Fsp3) is 0.625. The van der Waals surface area contributed by atoms with Crippen LogP contribution in [0.15, 0.2) is 50.7 Å². The summed E-state index contributed by atoms with van der Waals surface area (Å²) in [6.45, 7) is 22.9. The van der Waals surface area contributed by atoms with Crippen LogP contribution < -0.4 is 5.43 Å². The SMILES string of the molecule is C.CC.CC(C)C.CC(C)C.CC(C)c1nn[nH]n1.Cc1ccon1.O=c1ccocc1. The molecular weight excluding hydrogens is 406 g/mol. The van der Waals surface area contributed by atoms with Crippen LogP contribution in [0, 0.1) is 18.8 Å². The summed E-state index contributed by atoms with van der Waals surface area (Å²) in [6.07, 6.45) is 4.25. The largest absolute Gasteiger partial charge is 0.472 e. The van der Waals surface area contributed by atoms with Crippen LogP contribution in [-0.4, -0.2) is 25.8 Å². The Labute approximate surface area is 195 Å². The molecule has 0 saturated heterocycles. The van der Waals surface area contributed by atoms with Crippen molar-refractivity contribution in [2.24, 2.45) is 11.8 Å². The fourth-order valence-electron chi connectivity index (χ4n) is 1.00. The third-order valence-corrected chi connectivity index (χ3v) is 2.07. The van der Waals surface area contributed by atoms with Gasteiger partial charge in [-0.15, -0.1) is 10.2 Å². The predicted octanol–water partition coefficient (Wildman–Crippen LogP) is 6.93. The Balaban J connectivity index is -0.000000153. The van der Waals surface area contributed by atoms with Crippen LogP contribution in [0.1, 0.15) is 94.1 Å². The van der Waals surface area contributed by atoms with Crippen LogP contribution in [0.4, 0.5) is 0 Å². The monoisotopic (exact) mass is 453 g/mol. The highest BCUT2D eigenvalue weighted by Gasteiger charge is 2.00. The summed E-state index contributed by atoms with van der Waals surface area (Å²) in [5, 5.41) is 16.9. The number of tetrazole rings is 1. The van der Waals surface area contributed by atoms with Gasteiger partial charge in [0.15, 0.2) is 11.3 Å². The van der Waals surface area contributed by atoms with Crippen LogP contribution in [0.5, 0.6) is 0 Å². The molecule has 0 radical (unpaired) electrons. The first-order valence-electron chi connectivity index (χ1n) is 10.7. The molecule has 8 nitrogen and oxygen atoms in total. The Hall–Kier alpha value is -2.77. The van der Waals surface area contributed by atoms with E-state index in [4.69, 9.17) is 0 Å². The van der Waals surface area contributed by atoms with Crippen molar-refractivity contribution in [3.63, 3.8) is 0 Å². The number of hydrogen-bond acceptors (Lipinski definition) is 7. The van der Waals surface area contributed by atoms with Crippen molar-refractivity contribution < 1.29 is 8.94 Å². The molecule has 0 atom stereocenters. The molecule has 0 aliphatic rings. The van der Waals surface area contributed by atoms with Crippen LogP contribution >= 0.6 is 0 Å². The van der Waals surface area contributed by atoms with Gasteiger partial charge < -0.3 is 8.94 Å². The number of H-pyrrole nitrogens is 1. The molecule has 3 aromatic rings. The lowest BCUT2D eigenvalue weighted by atomic mass is 10.2. The molecular formula is C24H47N5O3. The van der Waals surface area contributed by atoms with Crippen molar-refractivity contribution in [1.82, 2.24) is 25.8 Å². The van der Waals surface area contributed by atoms with E-state index in [0.29, 0.717) is 5.92 Å². The molecule has 0 bridgehead atoms. The van der Waals surface area contributed by atoms with E-state index in [0.717, 1.165) is 23.4 Å². The van der Waals surface area contributed by atoms with Gasteiger partial charge in [-0.3, -0.25) is 4.79 Å². The Kier molecular flexibility index (Phi) is 30.0. The Bertz CT molecular complexity index is 693. The zero-order valence-electron chi connectivity index (χ0n) is 21.2. The summed E-state index contributed by atoms with van der Waals surface area (Å²) in [4.78, 5) is 10.2. The van der Waals surface area contributed by atoms with Gasteiger partial charge >= 0.3 is 0 Å². The second kappa shape index (κ2) is 26.3. The van der Waals surface area contributed by atoms with Gasteiger partial charge in [0.05, 0.1) is 18.2 Å². The van der Waals surface area contributed by atoms with E-state index >= 15 is 0 Å². The van der Waals surface area contributed by atoms with Gasteiger partial charge in [-0.05, 0) is 18.8 Å². The van der Waals surface area contributed by atoms with E-state index in [1.807, 2.05) is 34.6 Å². The van der Waals surface area contributed by atoms with Gasteiger partial charge in [0.25, 0.3) is 0 Å². The zero-order valence-corrected chi connectivity index (χ0v) is 21.2. The van der Waals surface area contributed by atoms with Crippen molar-refractivity contribution in [2.45, 2.75) is 89.5 Å². The number of nitrogens with zero attached hydrogens (tertiary/aromatic N) is 4. The van der Waals surface area contributed by atoms with Crippen molar-refractivity contribution >= 4 is 0 Å². The van der Waals surface area contributed by atoms with Crippen molar-refractivity contribution in [3.05, 3.63) is 58.7 Å². The van der Waals surface area contributed by atoms with E-state index in [-0.39, 0.29) is 12.9 Å². The first kappa shape index (κ1) is 36.6. The minimum Gasteiger partial charge on any atom is -0.472 e. The van der Waals surface area contributed by atoms with Crippen LogP contribution in [0.2, 0.25) is 0 Å². The van der Waals surface area contributed by atoms with Gasteiger partial charge in [0.1, 0.15) is 6.26 Å². The summed E-state index contributed by atoms with van der Waals surface area (Å²) < 4.78 is 9.02. The minimum atomic E-state index is -0.0220. The smallest absolute Gasteiger partial charge is 0.184 e. The summed E-state index contributed by atoms with van der Waals surface area (Å²) in [7, 11) is 0. The average Bonchev–Trinajstić information content (AvgIpc) is 3.38. The van der Waals surface area contributed by atoms with Gasteiger partial charge in [0.2, 0.25) is 0 Å². The number of rotatable bonds is 1. The topological polar surface area (TPSA) is 111 Å². The lowest BCUT2D eigenvalue weighted by molar-refractivity contribution is 0.415. The molecule has 8 heteroatoms. The molecule has 0 aliphatic heterocycles. The quantitative estimate of drug-likeness (QED) is 0.425. The molecule has 0 fully saturated rings. The molecule has 3 rings (SSSR count). The van der Waals surface area contributed by atoms with Crippen LogP contribution in [0.3, 0.4) is 0 Å². The summed E-state index contributed by atoms with van der Waals surface area (Å²) in [5.74, 6) is 2.80. The second-order valence-corrected chi connectivity index (χ2v) is 7.67. The summed E-state index contributed by atoms with van der Waals surface area (Å²) in [6, 6.07) is 4.53. The van der Waals surface area contributed by atoms with E-state index < -0.39 is 0 Å². The number of aromatic amines is 1. The molecule has 3 aromatic heterocycles. The maximum atomic E-state index is 10.2. The maximum Gasteiger partial charge on any atom is 0.184 e. The normalized spacial score (nSPS) is 8.56. The minimum absolute atomic E-state index is 0. The zero-order chi connectivity index (χ0) is 24.7. The van der Waals surface area contributed by atoms with Crippen molar-refractivity contribution in [3.8, 4) is 0 Å². The summed E-state index contributed by atoms with van der Waals surface area (Å²) in [5.41, 5.74) is 0.904. The summed E-state index contributed by atoms with van der Waals surface area (Å²) >= 11 is 0. The highest BCUT2D eigenvalue weighted by atomic mass is 16.5. The van der Waals surface area contributed by atoms with Crippen molar-refractivity contribution in [2.75, 3.05) is 0 Å². The first-order chi connectivity index (χ1) is 14.6. The first-order valence-corrected chi connectivity index (χ1v) is 10.7. The van der Waals surface area contributed by atoms with Gasteiger partial charge in [-0.25, -0.2) is 0 Å². The molecule has 0 amide bonds. The maximum absolute atomic E-state index is 10.2. The second-order valence-electron chi connectivity index (χ2n) is 7.67. The van der Waals surface area contributed by atoms with Gasteiger partial charge in [0, 0.05) is 24.1 Å². The third kappa shape index (κ3) is 34.7.